The maximum absolute atomic E-state index is 12.2. The van der Waals surface area contributed by atoms with Gasteiger partial charge in [-0.05, 0) is 44.4 Å². The van der Waals surface area contributed by atoms with Crippen LogP contribution in [0.25, 0.3) is 0 Å². The summed E-state index contributed by atoms with van der Waals surface area (Å²) in [6.07, 6.45) is 7.34. The van der Waals surface area contributed by atoms with Crippen LogP contribution >= 0.6 is 0 Å². The van der Waals surface area contributed by atoms with Crippen LogP contribution in [0.4, 0.5) is 4.79 Å². The van der Waals surface area contributed by atoms with E-state index in [1.807, 2.05) is 18.0 Å². The molecule has 6 heteroatoms. The molecular formula is C16H24N4O2. The summed E-state index contributed by atoms with van der Waals surface area (Å²) in [4.78, 5) is 18.4. The maximum Gasteiger partial charge on any atom is 0.317 e. The van der Waals surface area contributed by atoms with Crippen molar-refractivity contribution in [3.8, 4) is 0 Å². The molecule has 0 radical (unpaired) electrons. The largest absolute Gasteiger partial charge is 0.391 e. The predicted molar refractivity (Wildman–Crippen MR) is 81.3 cm³/mol. The number of carbonyl (C=O) groups is 1. The summed E-state index contributed by atoms with van der Waals surface area (Å²) in [6, 6.07) is 0.582. The Morgan fingerprint density at radius 3 is 2.68 bits per heavy atom. The second-order valence-corrected chi connectivity index (χ2v) is 7.14. The minimum absolute atomic E-state index is 0.0850. The number of amides is 2. The van der Waals surface area contributed by atoms with Crippen molar-refractivity contribution in [1.29, 1.82) is 0 Å². The number of imidazole rings is 1. The van der Waals surface area contributed by atoms with E-state index in [2.05, 4.69) is 14.9 Å². The standard InChI is InChI=1S/C16H24N4O2/c1-10-17-4-5-20(10)14-6-11-8-19(9-12(11)7-15(14)21)16(22)18-13-2-3-13/h4-5,11-15,21H,2-3,6-9H2,1H3,(H,18,22)/t11-,12+,14-,15-/m0/s1. The number of likely N-dealkylation sites (tertiary alicyclic amines) is 1. The molecule has 2 saturated carbocycles. The van der Waals surface area contributed by atoms with Crippen molar-refractivity contribution in [3.05, 3.63) is 18.2 Å². The average molecular weight is 304 g/mol. The lowest BCUT2D eigenvalue weighted by molar-refractivity contribution is 0.0349. The smallest absolute Gasteiger partial charge is 0.317 e. The van der Waals surface area contributed by atoms with E-state index < -0.39 is 0 Å². The Morgan fingerprint density at radius 1 is 1.32 bits per heavy atom. The van der Waals surface area contributed by atoms with E-state index in [9.17, 15) is 9.90 Å². The van der Waals surface area contributed by atoms with Gasteiger partial charge in [0, 0.05) is 31.5 Å². The summed E-state index contributed by atoms with van der Waals surface area (Å²) in [7, 11) is 0. The molecule has 4 atom stereocenters. The molecule has 0 bridgehead atoms. The van der Waals surface area contributed by atoms with E-state index in [0.29, 0.717) is 17.9 Å². The molecule has 2 N–H and O–H groups in total. The van der Waals surface area contributed by atoms with Gasteiger partial charge < -0.3 is 19.9 Å². The summed E-state index contributed by atoms with van der Waals surface area (Å²) in [5, 5.41) is 13.6. The normalized spacial score (nSPS) is 34.5. The number of rotatable bonds is 2. The van der Waals surface area contributed by atoms with Gasteiger partial charge in [0.05, 0.1) is 12.1 Å². The fraction of sp³-hybridized carbons (Fsp3) is 0.750. The summed E-state index contributed by atoms with van der Waals surface area (Å²) < 4.78 is 2.09. The van der Waals surface area contributed by atoms with Crippen molar-refractivity contribution in [3.63, 3.8) is 0 Å². The Labute approximate surface area is 130 Å². The van der Waals surface area contributed by atoms with Crippen LogP contribution in [-0.2, 0) is 0 Å². The fourth-order valence-corrected chi connectivity index (χ4v) is 4.10. The Morgan fingerprint density at radius 2 is 2.05 bits per heavy atom. The fourth-order valence-electron chi connectivity index (χ4n) is 4.10. The lowest BCUT2D eigenvalue weighted by Crippen LogP contribution is -2.39. The summed E-state index contributed by atoms with van der Waals surface area (Å²) in [5.41, 5.74) is 0. The van der Waals surface area contributed by atoms with Gasteiger partial charge in [-0.2, -0.15) is 0 Å². The number of aliphatic hydroxyl groups is 1. The van der Waals surface area contributed by atoms with Crippen LogP contribution < -0.4 is 5.32 Å². The number of nitrogens with zero attached hydrogens (tertiary/aromatic N) is 3. The molecule has 2 heterocycles. The molecule has 1 aliphatic heterocycles. The number of urea groups is 1. The van der Waals surface area contributed by atoms with Crippen molar-refractivity contribution in [1.82, 2.24) is 19.8 Å². The van der Waals surface area contributed by atoms with Crippen LogP contribution in [0.15, 0.2) is 12.4 Å². The van der Waals surface area contributed by atoms with E-state index in [-0.39, 0.29) is 18.2 Å². The van der Waals surface area contributed by atoms with Crippen molar-refractivity contribution in [2.24, 2.45) is 11.8 Å². The number of hydrogen-bond acceptors (Lipinski definition) is 3. The molecule has 0 unspecified atom stereocenters. The molecule has 1 aromatic heterocycles. The first-order chi connectivity index (χ1) is 10.6. The van der Waals surface area contributed by atoms with Crippen LogP contribution in [0.2, 0.25) is 0 Å². The minimum atomic E-state index is -0.347. The third-order valence-corrected chi connectivity index (χ3v) is 5.52. The Balaban J connectivity index is 1.44. The van der Waals surface area contributed by atoms with Gasteiger partial charge in [0.25, 0.3) is 0 Å². The van der Waals surface area contributed by atoms with E-state index in [4.69, 9.17) is 0 Å². The number of aromatic nitrogens is 2. The zero-order chi connectivity index (χ0) is 15.3. The molecule has 6 nitrogen and oxygen atoms in total. The lowest BCUT2D eigenvalue weighted by Gasteiger charge is -2.36. The van der Waals surface area contributed by atoms with Gasteiger partial charge in [-0.25, -0.2) is 9.78 Å². The van der Waals surface area contributed by atoms with E-state index in [0.717, 1.165) is 44.6 Å². The predicted octanol–water partition coefficient (Wildman–Crippen LogP) is 1.31. The van der Waals surface area contributed by atoms with Crippen molar-refractivity contribution in [2.75, 3.05) is 13.1 Å². The molecule has 120 valence electrons. The molecule has 0 aromatic carbocycles. The minimum Gasteiger partial charge on any atom is -0.391 e. The van der Waals surface area contributed by atoms with Gasteiger partial charge in [0.15, 0.2) is 0 Å². The van der Waals surface area contributed by atoms with Crippen molar-refractivity contribution < 1.29 is 9.90 Å². The topological polar surface area (TPSA) is 70.4 Å². The molecule has 0 spiro atoms. The number of carbonyl (C=O) groups excluding carboxylic acids is 1. The molecule has 3 aliphatic rings. The highest BCUT2D eigenvalue weighted by Gasteiger charge is 2.44. The average Bonchev–Trinajstić information content (AvgIpc) is 3.04. The zero-order valence-electron chi connectivity index (χ0n) is 13.0. The van der Waals surface area contributed by atoms with Crippen LogP contribution in [0.3, 0.4) is 0 Å². The summed E-state index contributed by atoms with van der Waals surface area (Å²) >= 11 is 0. The molecule has 2 aliphatic carbocycles. The van der Waals surface area contributed by atoms with Crippen molar-refractivity contribution >= 4 is 6.03 Å². The first kappa shape index (κ1) is 14.1. The molecule has 22 heavy (non-hydrogen) atoms. The van der Waals surface area contributed by atoms with Gasteiger partial charge in [-0.1, -0.05) is 0 Å². The summed E-state index contributed by atoms with van der Waals surface area (Å²) in [6.45, 7) is 3.58. The third-order valence-electron chi connectivity index (χ3n) is 5.52. The van der Waals surface area contributed by atoms with Crippen LogP contribution in [-0.4, -0.2) is 50.8 Å². The third kappa shape index (κ3) is 2.49. The first-order valence-electron chi connectivity index (χ1n) is 8.34. The first-order valence-corrected chi connectivity index (χ1v) is 8.34. The molecule has 3 fully saturated rings. The van der Waals surface area contributed by atoms with Gasteiger partial charge >= 0.3 is 6.03 Å². The van der Waals surface area contributed by atoms with Gasteiger partial charge in [0.1, 0.15) is 5.82 Å². The highest BCUT2D eigenvalue weighted by molar-refractivity contribution is 5.75. The Kier molecular flexibility index (Phi) is 3.36. The number of nitrogens with one attached hydrogen (secondary N) is 1. The van der Waals surface area contributed by atoms with E-state index in [1.165, 1.54) is 0 Å². The van der Waals surface area contributed by atoms with Gasteiger partial charge in [-0.3, -0.25) is 0 Å². The number of aliphatic hydroxyl groups excluding tert-OH is 1. The monoisotopic (exact) mass is 304 g/mol. The maximum atomic E-state index is 12.2. The van der Waals surface area contributed by atoms with Crippen LogP contribution in [0, 0.1) is 18.8 Å². The number of hydrogen-bond donors (Lipinski definition) is 2. The highest BCUT2D eigenvalue weighted by Crippen LogP contribution is 2.41. The Bertz CT molecular complexity index is 568. The molecular weight excluding hydrogens is 280 g/mol. The molecule has 4 rings (SSSR count). The number of aryl methyl sites for hydroxylation is 1. The second kappa shape index (κ2) is 5.26. The van der Waals surface area contributed by atoms with Crippen LogP contribution in [0.5, 0.6) is 0 Å². The molecule has 1 aromatic rings. The van der Waals surface area contributed by atoms with Crippen LogP contribution in [0.1, 0.15) is 37.5 Å². The Hall–Kier alpha value is -1.56. The van der Waals surface area contributed by atoms with E-state index in [1.54, 1.807) is 6.20 Å². The van der Waals surface area contributed by atoms with Gasteiger partial charge in [0.2, 0.25) is 0 Å². The number of fused-ring (bicyclic) bond motifs is 1. The van der Waals surface area contributed by atoms with Gasteiger partial charge in [-0.15, -0.1) is 0 Å². The zero-order valence-corrected chi connectivity index (χ0v) is 13.0. The van der Waals surface area contributed by atoms with E-state index >= 15 is 0 Å². The second-order valence-electron chi connectivity index (χ2n) is 7.14. The highest BCUT2D eigenvalue weighted by atomic mass is 16.3. The quantitative estimate of drug-likeness (QED) is 0.865. The summed E-state index contributed by atoms with van der Waals surface area (Å²) in [5.74, 6) is 1.86. The SMILES string of the molecule is Cc1nccn1[C@H]1C[C@H]2CN(C(=O)NC3CC3)C[C@H]2C[C@@H]1O. The molecule has 1 saturated heterocycles. The van der Waals surface area contributed by atoms with Crippen molar-refractivity contribution in [2.45, 2.75) is 50.8 Å². The molecule has 2 amide bonds. The lowest BCUT2D eigenvalue weighted by atomic mass is 9.77.